The first-order chi connectivity index (χ1) is 9.32. The Morgan fingerprint density at radius 3 is 2.50 bits per heavy atom. The summed E-state index contributed by atoms with van der Waals surface area (Å²) in [6.45, 7) is 0.413. The number of nitro groups is 1. The van der Waals surface area contributed by atoms with E-state index in [0.29, 0.717) is 18.9 Å². The number of piperidine rings is 1. The van der Waals surface area contributed by atoms with Crippen molar-refractivity contribution in [3.63, 3.8) is 0 Å². The molecule has 0 bridgehead atoms. The second-order valence-corrected chi connectivity index (χ2v) is 6.52. The molecule has 2 rings (SSSR count). The van der Waals surface area contributed by atoms with Crippen LogP contribution in [0.2, 0.25) is 0 Å². The van der Waals surface area contributed by atoms with E-state index >= 15 is 0 Å². The summed E-state index contributed by atoms with van der Waals surface area (Å²) in [6, 6.07) is 2.37. The first-order valence-electron chi connectivity index (χ1n) is 6.02. The van der Waals surface area contributed by atoms with E-state index in [4.69, 9.17) is 5.73 Å². The molecule has 0 unspecified atom stereocenters. The summed E-state index contributed by atoms with van der Waals surface area (Å²) in [5.74, 6) is -0.851. The number of halogens is 1. The molecule has 110 valence electrons. The van der Waals surface area contributed by atoms with Crippen LogP contribution in [-0.2, 0) is 10.0 Å². The topological polar surface area (TPSA) is 107 Å². The highest BCUT2D eigenvalue weighted by Gasteiger charge is 2.33. The van der Waals surface area contributed by atoms with Crippen LogP contribution in [0.1, 0.15) is 12.8 Å². The number of hydrogen-bond donors (Lipinski definition) is 1. The van der Waals surface area contributed by atoms with Crippen molar-refractivity contribution >= 4 is 15.7 Å². The molecule has 1 fully saturated rings. The van der Waals surface area contributed by atoms with Crippen LogP contribution in [0, 0.1) is 15.9 Å². The van der Waals surface area contributed by atoms with E-state index < -0.39 is 31.3 Å². The number of nitrogens with two attached hydrogens (primary N) is 1. The highest BCUT2D eigenvalue weighted by Crippen LogP contribution is 2.28. The van der Waals surface area contributed by atoms with Crippen molar-refractivity contribution in [2.75, 3.05) is 13.1 Å². The van der Waals surface area contributed by atoms with Gasteiger partial charge in [0.15, 0.2) is 4.90 Å². The minimum Gasteiger partial charge on any atom is -0.328 e. The number of rotatable bonds is 3. The van der Waals surface area contributed by atoms with Crippen molar-refractivity contribution < 1.29 is 17.7 Å². The zero-order valence-corrected chi connectivity index (χ0v) is 11.3. The molecule has 0 atom stereocenters. The fraction of sp³-hybridized carbons (Fsp3) is 0.455. The normalized spacial score (nSPS) is 18.1. The molecule has 0 aromatic heterocycles. The molecule has 0 aliphatic carbocycles. The molecule has 0 spiro atoms. The number of hydrogen-bond acceptors (Lipinski definition) is 5. The van der Waals surface area contributed by atoms with Gasteiger partial charge in [0, 0.05) is 19.1 Å². The third kappa shape index (κ3) is 2.79. The zero-order valence-electron chi connectivity index (χ0n) is 10.5. The molecule has 9 heteroatoms. The minimum atomic E-state index is -4.01. The van der Waals surface area contributed by atoms with Crippen LogP contribution in [-0.4, -0.2) is 36.8 Å². The van der Waals surface area contributed by atoms with Gasteiger partial charge in [-0.25, -0.2) is 12.8 Å². The van der Waals surface area contributed by atoms with E-state index in [0.717, 1.165) is 16.4 Å². The summed E-state index contributed by atoms with van der Waals surface area (Å²) < 4.78 is 39.0. The summed E-state index contributed by atoms with van der Waals surface area (Å²) in [4.78, 5) is 9.51. The number of benzene rings is 1. The molecule has 20 heavy (non-hydrogen) atoms. The molecule has 1 aromatic carbocycles. The largest absolute Gasteiger partial charge is 0.328 e. The lowest BCUT2D eigenvalue weighted by Gasteiger charge is -2.29. The molecule has 0 saturated carbocycles. The first-order valence-corrected chi connectivity index (χ1v) is 7.46. The molecule has 1 heterocycles. The third-order valence-corrected chi connectivity index (χ3v) is 5.18. The predicted molar refractivity (Wildman–Crippen MR) is 69.0 cm³/mol. The van der Waals surface area contributed by atoms with Gasteiger partial charge in [-0.1, -0.05) is 0 Å². The van der Waals surface area contributed by atoms with Gasteiger partial charge >= 0.3 is 0 Å². The Kier molecular flexibility index (Phi) is 4.02. The Balaban J connectivity index is 2.42. The lowest BCUT2D eigenvalue weighted by molar-refractivity contribution is -0.388. The van der Waals surface area contributed by atoms with Gasteiger partial charge in [-0.2, -0.15) is 4.31 Å². The lowest BCUT2D eigenvalue weighted by atomic mass is 10.1. The fourth-order valence-electron chi connectivity index (χ4n) is 2.11. The van der Waals surface area contributed by atoms with Crippen LogP contribution < -0.4 is 5.73 Å². The maximum absolute atomic E-state index is 13.1. The van der Waals surface area contributed by atoms with Gasteiger partial charge in [0.2, 0.25) is 10.0 Å². The Labute approximate surface area is 115 Å². The van der Waals surface area contributed by atoms with Crippen LogP contribution >= 0.6 is 0 Å². The Morgan fingerprint density at radius 2 is 1.95 bits per heavy atom. The lowest BCUT2D eigenvalue weighted by Crippen LogP contribution is -2.42. The average molecular weight is 303 g/mol. The molecular formula is C11H14FN3O4S. The van der Waals surface area contributed by atoms with Crippen molar-refractivity contribution in [3.8, 4) is 0 Å². The van der Waals surface area contributed by atoms with Crippen LogP contribution in [0.4, 0.5) is 10.1 Å². The number of nitro benzene ring substituents is 1. The van der Waals surface area contributed by atoms with Crippen molar-refractivity contribution in [3.05, 3.63) is 34.1 Å². The first kappa shape index (κ1) is 14.8. The van der Waals surface area contributed by atoms with Crippen LogP contribution in [0.3, 0.4) is 0 Å². The number of nitrogens with zero attached hydrogens (tertiary/aromatic N) is 2. The van der Waals surface area contributed by atoms with Crippen LogP contribution in [0.15, 0.2) is 23.1 Å². The SMILES string of the molecule is NC1CCN(S(=O)(=O)c2ccc(F)cc2[N+](=O)[O-])CC1. The van der Waals surface area contributed by atoms with Gasteiger partial charge in [0.1, 0.15) is 5.82 Å². The van der Waals surface area contributed by atoms with Crippen molar-refractivity contribution in [1.82, 2.24) is 4.31 Å². The summed E-state index contributed by atoms with van der Waals surface area (Å²) in [6.07, 6.45) is 0.989. The predicted octanol–water partition coefficient (Wildman–Crippen LogP) is 0.846. The highest BCUT2D eigenvalue weighted by atomic mass is 32.2. The molecule has 0 radical (unpaired) electrons. The minimum absolute atomic E-state index is 0.0651. The second kappa shape index (κ2) is 5.43. The van der Waals surface area contributed by atoms with E-state index in [1.165, 1.54) is 0 Å². The quantitative estimate of drug-likeness (QED) is 0.658. The van der Waals surface area contributed by atoms with E-state index in [1.54, 1.807) is 0 Å². The Bertz CT molecular complexity index is 627. The summed E-state index contributed by atoms with van der Waals surface area (Å²) in [5.41, 5.74) is 4.95. The molecule has 0 amide bonds. The molecule has 1 saturated heterocycles. The zero-order chi connectivity index (χ0) is 14.9. The molecule has 1 aliphatic rings. The molecule has 1 aromatic rings. The van der Waals surface area contributed by atoms with E-state index in [9.17, 15) is 22.9 Å². The Hall–Kier alpha value is -1.58. The second-order valence-electron chi connectivity index (χ2n) is 4.61. The van der Waals surface area contributed by atoms with Crippen molar-refractivity contribution in [1.29, 1.82) is 0 Å². The van der Waals surface area contributed by atoms with Crippen LogP contribution in [0.5, 0.6) is 0 Å². The maximum Gasteiger partial charge on any atom is 0.292 e. The average Bonchev–Trinajstić information content (AvgIpc) is 2.38. The fourth-order valence-corrected chi connectivity index (χ4v) is 3.71. The van der Waals surface area contributed by atoms with E-state index in [-0.39, 0.29) is 19.1 Å². The van der Waals surface area contributed by atoms with Gasteiger partial charge in [0.25, 0.3) is 5.69 Å². The number of sulfonamides is 1. The van der Waals surface area contributed by atoms with E-state index in [2.05, 4.69) is 0 Å². The Morgan fingerprint density at radius 1 is 1.35 bits per heavy atom. The van der Waals surface area contributed by atoms with Gasteiger partial charge in [-0.15, -0.1) is 0 Å². The standard InChI is InChI=1S/C11H14FN3O4S/c12-8-1-2-11(10(7-8)15(16)17)20(18,19)14-5-3-9(13)4-6-14/h1-2,7,9H,3-6,13H2. The van der Waals surface area contributed by atoms with E-state index in [1.807, 2.05) is 0 Å². The summed E-state index contributed by atoms with van der Waals surface area (Å²) in [5, 5.41) is 10.9. The molecule has 2 N–H and O–H groups in total. The van der Waals surface area contributed by atoms with Gasteiger partial charge in [-0.05, 0) is 25.0 Å². The third-order valence-electron chi connectivity index (χ3n) is 3.23. The molecule has 7 nitrogen and oxygen atoms in total. The van der Waals surface area contributed by atoms with Gasteiger partial charge in [-0.3, -0.25) is 10.1 Å². The molecule has 1 aliphatic heterocycles. The summed E-state index contributed by atoms with van der Waals surface area (Å²) in [7, 11) is -4.01. The smallest absolute Gasteiger partial charge is 0.292 e. The molecular weight excluding hydrogens is 289 g/mol. The van der Waals surface area contributed by atoms with Crippen molar-refractivity contribution in [2.45, 2.75) is 23.8 Å². The maximum atomic E-state index is 13.1. The van der Waals surface area contributed by atoms with Gasteiger partial charge < -0.3 is 5.73 Å². The van der Waals surface area contributed by atoms with Gasteiger partial charge in [0.05, 0.1) is 11.0 Å². The summed E-state index contributed by atoms with van der Waals surface area (Å²) >= 11 is 0. The van der Waals surface area contributed by atoms with Crippen LogP contribution in [0.25, 0.3) is 0 Å². The monoisotopic (exact) mass is 303 g/mol. The highest BCUT2D eigenvalue weighted by molar-refractivity contribution is 7.89. The van der Waals surface area contributed by atoms with Crippen molar-refractivity contribution in [2.24, 2.45) is 5.73 Å².